The molecule has 0 saturated carbocycles. The van der Waals surface area contributed by atoms with E-state index in [0.717, 1.165) is 12.0 Å². The van der Waals surface area contributed by atoms with Gasteiger partial charge in [-0.05, 0) is 37.0 Å². The zero-order chi connectivity index (χ0) is 17.4. The lowest BCUT2D eigenvalue weighted by molar-refractivity contribution is -0.128. The lowest BCUT2D eigenvalue weighted by Crippen LogP contribution is -2.41. The predicted molar refractivity (Wildman–Crippen MR) is 93.3 cm³/mol. The third kappa shape index (κ3) is 7.15. The van der Waals surface area contributed by atoms with Gasteiger partial charge >= 0.3 is 6.03 Å². The maximum Gasteiger partial charge on any atom is 0.319 e. The van der Waals surface area contributed by atoms with Crippen LogP contribution in [0.5, 0.6) is 0 Å². The van der Waals surface area contributed by atoms with Crippen molar-refractivity contribution < 1.29 is 9.59 Å². The summed E-state index contributed by atoms with van der Waals surface area (Å²) in [5, 5.41) is 5.27. The van der Waals surface area contributed by atoms with Gasteiger partial charge in [0.15, 0.2) is 0 Å². The van der Waals surface area contributed by atoms with Crippen molar-refractivity contribution >= 4 is 17.6 Å². The molecule has 6 nitrogen and oxygen atoms in total. The van der Waals surface area contributed by atoms with Crippen molar-refractivity contribution in [1.29, 1.82) is 0 Å². The molecular weight excluding hydrogens is 292 g/mol. The Labute approximate surface area is 138 Å². The van der Waals surface area contributed by atoms with E-state index in [0.29, 0.717) is 18.2 Å². The number of likely N-dealkylation sites (N-methyl/N-ethyl adjacent to an activating group) is 1. The van der Waals surface area contributed by atoms with Gasteiger partial charge in [0.05, 0.1) is 6.54 Å². The number of nitrogens with zero attached hydrogens (tertiary/aromatic N) is 1. The minimum Gasteiger partial charge on any atom is -0.344 e. The zero-order valence-electron chi connectivity index (χ0n) is 14.4. The van der Waals surface area contributed by atoms with Crippen LogP contribution in [0.1, 0.15) is 25.8 Å². The van der Waals surface area contributed by atoms with Gasteiger partial charge in [-0.25, -0.2) is 4.79 Å². The first-order valence-electron chi connectivity index (χ1n) is 7.90. The smallest absolute Gasteiger partial charge is 0.319 e. The fourth-order valence-electron chi connectivity index (χ4n) is 1.99. The predicted octanol–water partition coefficient (Wildman–Crippen LogP) is 1.95. The van der Waals surface area contributed by atoms with Gasteiger partial charge in [-0.1, -0.05) is 26.0 Å². The van der Waals surface area contributed by atoms with E-state index in [1.54, 1.807) is 18.0 Å². The Morgan fingerprint density at radius 1 is 1.30 bits per heavy atom. The number of amides is 3. The number of hydrogen-bond donors (Lipinski definition) is 3. The highest BCUT2D eigenvalue weighted by atomic mass is 16.2. The molecule has 0 spiro atoms. The zero-order valence-corrected chi connectivity index (χ0v) is 14.4. The maximum absolute atomic E-state index is 12.0. The van der Waals surface area contributed by atoms with Crippen molar-refractivity contribution in [3.63, 3.8) is 0 Å². The van der Waals surface area contributed by atoms with E-state index in [-0.39, 0.29) is 18.5 Å². The van der Waals surface area contributed by atoms with Gasteiger partial charge in [0.1, 0.15) is 0 Å². The molecule has 0 fully saturated rings. The van der Waals surface area contributed by atoms with Gasteiger partial charge in [0, 0.05) is 25.3 Å². The first-order chi connectivity index (χ1) is 10.8. The Morgan fingerprint density at radius 2 is 2.00 bits per heavy atom. The number of nitrogens with two attached hydrogens (primary N) is 1. The summed E-state index contributed by atoms with van der Waals surface area (Å²) in [6, 6.07) is 7.15. The minimum absolute atomic E-state index is 0.0366. The van der Waals surface area contributed by atoms with Crippen LogP contribution in [0.2, 0.25) is 0 Å². The number of benzene rings is 1. The normalized spacial score (nSPS) is 11.9. The highest BCUT2D eigenvalue weighted by Crippen LogP contribution is 2.09. The summed E-state index contributed by atoms with van der Waals surface area (Å²) in [5.74, 6) is 0.247. The van der Waals surface area contributed by atoms with Crippen LogP contribution < -0.4 is 16.4 Å². The molecule has 23 heavy (non-hydrogen) atoms. The Morgan fingerprint density at radius 3 is 2.61 bits per heavy atom. The van der Waals surface area contributed by atoms with Gasteiger partial charge in [0.25, 0.3) is 0 Å². The number of urea groups is 1. The van der Waals surface area contributed by atoms with E-state index in [2.05, 4.69) is 24.5 Å². The van der Waals surface area contributed by atoms with E-state index in [1.807, 2.05) is 25.1 Å². The molecule has 0 aliphatic heterocycles. The summed E-state index contributed by atoms with van der Waals surface area (Å²) >= 11 is 0. The van der Waals surface area contributed by atoms with Gasteiger partial charge in [-0.3, -0.25) is 4.79 Å². The monoisotopic (exact) mass is 320 g/mol. The molecule has 1 atom stereocenters. The first-order valence-corrected chi connectivity index (χ1v) is 7.90. The number of aryl methyl sites for hydroxylation is 1. The molecule has 0 aliphatic carbocycles. The van der Waals surface area contributed by atoms with Gasteiger partial charge < -0.3 is 21.3 Å². The van der Waals surface area contributed by atoms with Crippen LogP contribution in [0.15, 0.2) is 24.3 Å². The quantitative estimate of drug-likeness (QED) is 0.717. The number of nitrogens with one attached hydrogen (secondary N) is 2. The summed E-state index contributed by atoms with van der Waals surface area (Å²) in [7, 11) is 1.72. The third-order valence-corrected chi connectivity index (χ3v) is 3.76. The average Bonchev–Trinajstić information content (AvgIpc) is 2.49. The molecule has 1 aromatic carbocycles. The lowest BCUT2D eigenvalue weighted by atomic mass is 10.0. The number of hydrogen-bond acceptors (Lipinski definition) is 3. The topological polar surface area (TPSA) is 87.5 Å². The summed E-state index contributed by atoms with van der Waals surface area (Å²) in [6.07, 6.45) is 0.745. The number of anilines is 1. The highest BCUT2D eigenvalue weighted by molar-refractivity contribution is 5.92. The van der Waals surface area contributed by atoms with Crippen LogP contribution in [0, 0.1) is 12.8 Å². The largest absolute Gasteiger partial charge is 0.344 e. The fraction of sp³-hybridized carbons (Fsp3) is 0.529. The van der Waals surface area contributed by atoms with E-state index < -0.39 is 6.03 Å². The van der Waals surface area contributed by atoms with Crippen molar-refractivity contribution in [3.05, 3.63) is 29.8 Å². The summed E-state index contributed by atoms with van der Waals surface area (Å²) in [5.41, 5.74) is 7.72. The SMILES string of the molecule is Cc1cccc(NC(=O)NCC(=O)N(C)CCC(N)C(C)C)c1. The first kappa shape index (κ1) is 19.0. The number of carbonyl (C=O) groups is 2. The Hall–Kier alpha value is -2.08. The van der Waals surface area contributed by atoms with Crippen molar-refractivity contribution in [1.82, 2.24) is 10.2 Å². The Balaban J connectivity index is 2.33. The summed E-state index contributed by atoms with van der Waals surface area (Å²) in [4.78, 5) is 25.4. The summed E-state index contributed by atoms with van der Waals surface area (Å²) < 4.78 is 0. The van der Waals surface area contributed by atoms with Crippen LogP contribution in [0.4, 0.5) is 10.5 Å². The van der Waals surface area contributed by atoms with E-state index in [4.69, 9.17) is 5.73 Å². The maximum atomic E-state index is 12.0. The fourth-order valence-corrected chi connectivity index (χ4v) is 1.99. The van der Waals surface area contributed by atoms with Crippen LogP contribution in [-0.4, -0.2) is 43.0 Å². The molecule has 4 N–H and O–H groups in total. The molecule has 0 bridgehead atoms. The molecule has 1 unspecified atom stereocenters. The summed E-state index contributed by atoms with van der Waals surface area (Å²) in [6.45, 7) is 6.61. The van der Waals surface area contributed by atoms with E-state index >= 15 is 0 Å². The Bertz CT molecular complexity index is 531. The molecule has 0 aromatic heterocycles. The van der Waals surface area contributed by atoms with Crippen LogP contribution >= 0.6 is 0 Å². The average molecular weight is 320 g/mol. The number of carbonyl (C=O) groups excluding carboxylic acids is 2. The molecule has 128 valence electrons. The molecule has 1 rings (SSSR count). The second kappa shape index (κ2) is 9.15. The molecule has 0 radical (unpaired) electrons. The standard InChI is InChI=1S/C17H28N4O2/c1-12(2)15(18)8-9-21(4)16(22)11-19-17(23)20-14-7-5-6-13(3)10-14/h5-7,10,12,15H,8-9,11,18H2,1-4H3,(H2,19,20,23). The van der Waals surface area contributed by atoms with Crippen molar-refractivity contribution in [2.75, 3.05) is 25.5 Å². The van der Waals surface area contributed by atoms with Crippen LogP contribution in [0.25, 0.3) is 0 Å². The molecule has 1 aromatic rings. The van der Waals surface area contributed by atoms with E-state index in [1.165, 1.54) is 0 Å². The lowest BCUT2D eigenvalue weighted by Gasteiger charge is -2.21. The molecular formula is C17H28N4O2. The van der Waals surface area contributed by atoms with E-state index in [9.17, 15) is 9.59 Å². The molecule has 0 heterocycles. The van der Waals surface area contributed by atoms with Crippen molar-refractivity contribution in [2.24, 2.45) is 11.7 Å². The molecule has 6 heteroatoms. The minimum atomic E-state index is -0.392. The van der Waals surface area contributed by atoms with Crippen LogP contribution in [0.3, 0.4) is 0 Å². The molecule has 0 saturated heterocycles. The molecule has 0 aliphatic rings. The number of rotatable bonds is 7. The second-order valence-corrected chi connectivity index (χ2v) is 6.19. The molecule has 3 amide bonds. The second-order valence-electron chi connectivity index (χ2n) is 6.19. The van der Waals surface area contributed by atoms with Crippen molar-refractivity contribution in [2.45, 2.75) is 33.2 Å². The van der Waals surface area contributed by atoms with Gasteiger partial charge in [-0.15, -0.1) is 0 Å². The third-order valence-electron chi connectivity index (χ3n) is 3.76. The Kier molecular flexibility index (Phi) is 7.54. The van der Waals surface area contributed by atoms with Crippen molar-refractivity contribution in [3.8, 4) is 0 Å². The van der Waals surface area contributed by atoms with Crippen LogP contribution in [-0.2, 0) is 4.79 Å². The van der Waals surface area contributed by atoms with Gasteiger partial charge in [-0.2, -0.15) is 0 Å². The highest BCUT2D eigenvalue weighted by Gasteiger charge is 2.13. The van der Waals surface area contributed by atoms with Gasteiger partial charge in [0.2, 0.25) is 5.91 Å².